The van der Waals surface area contributed by atoms with Crippen molar-refractivity contribution < 1.29 is 23.9 Å². The zero-order valence-electron chi connectivity index (χ0n) is 16.1. The Morgan fingerprint density at radius 2 is 1.83 bits per heavy atom. The standard InChI is InChI=1S/C19H18Cl3N3O5/c1-3-29-19(28)23-16(26)10-30-17(27)8-7-12-11(2)24-25(18(12)22)9-13-14(20)5-4-6-15(13)21/h4-8H,3,9-10H2,1-2H3,(H,23,26,28)/b8-7+. The number of aryl methyl sites for hydroxylation is 1. The largest absolute Gasteiger partial charge is 0.452 e. The number of hydrogen-bond acceptors (Lipinski definition) is 6. The Hall–Kier alpha value is -2.55. The van der Waals surface area contributed by atoms with Crippen LogP contribution in [0.4, 0.5) is 4.79 Å². The number of aromatic nitrogens is 2. The number of halogens is 3. The number of benzene rings is 1. The van der Waals surface area contributed by atoms with Gasteiger partial charge < -0.3 is 9.47 Å². The van der Waals surface area contributed by atoms with Crippen LogP contribution in [0.5, 0.6) is 0 Å². The lowest BCUT2D eigenvalue weighted by Gasteiger charge is -2.08. The molecule has 0 fully saturated rings. The third-order valence-electron chi connectivity index (χ3n) is 3.73. The Labute approximate surface area is 187 Å². The van der Waals surface area contributed by atoms with Gasteiger partial charge in [0.05, 0.1) is 18.8 Å². The van der Waals surface area contributed by atoms with E-state index in [0.717, 1.165) is 6.08 Å². The molecule has 1 heterocycles. The first-order valence-corrected chi connectivity index (χ1v) is 9.83. The maximum Gasteiger partial charge on any atom is 0.413 e. The summed E-state index contributed by atoms with van der Waals surface area (Å²) in [5, 5.41) is 7.48. The fourth-order valence-corrected chi connectivity index (χ4v) is 3.16. The minimum Gasteiger partial charge on any atom is -0.452 e. The van der Waals surface area contributed by atoms with Crippen LogP contribution in [0.1, 0.15) is 23.7 Å². The normalized spacial score (nSPS) is 10.8. The number of amides is 2. The van der Waals surface area contributed by atoms with Gasteiger partial charge in [-0.05, 0) is 32.1 Å². The molecule has 0 saturated carbocycles. The SMILES string of the molecule is CCOC(=O)NC(=O)COC(=O)/C=C/c1c(C)nn(Cc2c(Cl)cccc2Cl)c1Cl. The second-order valence-electron chi connectivity index (χ2n) is 5.86. The molecule has 2 aromatic rings. The fraction of sp³-hybridized carbons (Fsp3) is 0.263. The van der Waals surface area contributed by atoms with E-state index in [9.17, 15) is 14.4 Å². The molecule has 0 aliphatic heterocycles. The van der Waals surface area contributed by atoms with Gasteiger partial charge in [-0.25, -0.2) is 14.3 Å². The summed E-state index contributed by atoms with van der Waals surface area (Å²) < 4.78 is 10.8. The van der Waals surface area contributed by atoms with Gasteiger partial charge in [0.1, 0.15) is 5.15 Å². The molecule has 1 aromatic heterocycles. The minimum absolute atomic E-state index is 0.109. The summed E-state index contributed by atoms with van der Waals surface area (Å²) in [5.74, 6) is -1.61. The molecule has 0 saturated heterocycles. The number of carbonyl (C=O) groups is 3. The lowest BCUT2D eigenvalue weighted by Crippen LogP contribution is -2.34. The summed E-state index contributed by atoms with van der Waals surface area (Å²) >= 11 is 18.7. The van der Waals surface area contributed by atoms with E-state index in [-0.39, 0.29) is 18.3 Å². The molecule has 2 amide bonds. The summed E-state index contributed by atoms with van der Waals surface area (Å²) in [6, 6.07) is 5.15. The molecule has 0 unspecified atom stereocenters. The van der Waals surface area contributed by atoms with Gasteiger partial charge in [-0.1, -0.05) is 40.9 Å². The average molecular weight is 475 g/mol. The highest BCUT2D eigenvalue weighted by Crippen LogP contribution is 2.28. The molecular formula is C19H18Cl3N3O5. The van der Waals surface area contributed by atoms with Crippen LogP contribution in [0.2, 0.25) is 15.2 Å². The van der Waals surface area contributed by atoms with E-state index in [0.29, 0.717) is 26.9 Å². The van der Waals surface area contributed by atoms with Gasteiger partial charge in [0, 0.05) is 27.2 Å². The molecule has 0 aliphatic rings. The van der Waals surface area contributed by atoms with E-state index in [1.165, 1.54) is 10.8 Å². The van der Waals surface area contributed by atoms with Crippen molar-refractivity contribution in [3.63, 3.8) is 0 Å². The second kappa shape index (κ2) is 11.0. The summed E-state index contributed by atoms with van der Waals surface area (Å²) in [5.41, 5.74) is 1.72. The maximum atomic E-state index is 11.8. The highest BCUT2D eigenvalue weighted by atomic mass is 35.5. The summed E-state index contributed by atoms with van der Waals surface area (Å²) in [6.07, 6.45) is 1.60. The Morgan fingerprint density at radius 3 is 2.47 bits per heavy atom. The fourth-order valence-electron chi connectivity index (χ4n) is 2.35. The molecule has 0 radical (unpaired) electrons. The third kappa shape index (κ3) is 6.48. The van der Waals surface area contributed by atoms with E-state index in [4.69, 9.17) is 39.5 Å². The molecule has 0 aliphatic carbocycles. The number of nitrogens with one attached hydrogen (secondary N) is 1. The topological polar surface area (TPSA) is 99.5 Å². The van der Waals surface area contributed by atoms with Gasteiger partial charge in [0.15, 0.2) is 6.61 Å². The quantitative estimate of drug-likeness (QED) is 0.480. The van der Waals surface area contributed by atoms with Gasteiger partial charge in [-0.15, -0.1) is 0 Å². The predicted molar refractivity (Wildman–Crippen MR) is 113 cm³/mol. The molecule has 30 heavy (non-hydrogen) atoms. The Kier molecular flexibility index (Phi) is 8.71. The van der Waals surface area contributed by atoms with Crippen LogP contribution in [0.3, 0.4) is 0 Å². The van der Waals surface area contributed by atoms with Crippen molar-refractivity contribution in [2.45, 2.75) is 20.4 Å². The summed E-state index contributed by atoms with van der Waals surface area (Å²) in [7, 11) is 0. The van der Waals surface area contributed by atoms with Crippen LogP contribution < -0.4 is 5.32 Å². The van der Waals surface area contributed by atoms with E-state index in [2.05, 4.69) is 9.84 Å². The van der Waals surface area contributed by atoms with Crippen molar-refractivity contribution in [1.29, 1.82) is 0 Å². The number of rotatable bonds is 7. The van der Waals surface area contributed by atoms with E-state index >= 15 is 0 Å². The first-order valence-electron chi connectivity index (χ1n) is 8.70. The Morgan fingerprint density at radius 1 is 1.17 bits per heavy atom. The summed E-state index contributed by atoms with van der Waals surface area (Å²) in [4.78, 5) is 34.4. The van der Waals surface area contributed by atoms with Crippen LogP contribution >= 0.6 is 34.8 Å². The zero-order valence-corrected chi connectivity index (χ0v) is 18.3. The van der Waals surface area contributed by atoms with Crippen molar-refractivity contribution in [2.75, 3.05) is 13.2 Å². The summed E-state index contributed by atoms with van der Waals surface area (Å²) in [6.45, 7) is 3.02. The van der Waals surface area contributed by atoms with Gasteiger partial charge in [0.25, 0.3) is 5.91 Å². The number of ether oxygens (including phenoxy) is 2. The van der Waals surface area contributed by atoms with Crippen molar-refractivity contribution in [2.24, 2.45) is 0 Å². The first kappa shape index (κ1) is 23.7. The Balaban J connectivity index is 2.01. The molecule has 0 bridgehead atoms. The third-order valence-corrected chi connectivity index (χ3v) is 4.83. The van der Waals surface area contributed by atoms with Crippen LogP contribution in [0.15, 0.2) is 24.3 Å². The molecule has 2 rings (SSSR count). The second-order valence-corrected chi connectivity index (χ2v) is 7.03. The predicted octanol–water partition coefficient (Wildman–Crippen LogP) is 4.03. The van der Waals surface area contributed by atoms with Crippen LogP contribution in [-0.4, -0.2) is 41.0 Å². The molecule has 160 valence electrons. The lowest BCUT2D eigenvalue weighted by atomic mass is 10.2. The van der Waals surface area contributed by atoms with Gasteiger partial charge in [0.2, 0.25) is 0 Å². The first-order chi connectivity index (χ1) is 14.2. The molecule has 0 spiro atoms. The molecule has 1 aromatic carbocycles. The van der Waals surface area contributed by atoms with Crippen molar-refractivity contribution in [1.82, 2.24) is 15.1 Å². The number of alkyl carbamates (subject to hydrolysis) is 1. The average Bonchev–Trinajstić information content (AvgIpc) is 2.94. The smallest absolute Gasteiger partial charge is 0.413 e. The van der Waals surface area contributed by atoms with Crippen molar-refractivity contribution >= 4 is 58.8 Å². The molecule has 11 heteroatoms. The van der Waals surface area contributed by atoms with Gasteiger partial charge >= 0.3 is 12.1 Å². The number of nitrogens with zero attached hydrogens (tertiary/aromatic N) is 2. The molecule has 0 atom stereocenters. The van der Waals surface area contributed by atoms with Crippen LogP contribution in [0, 0.1) is 6.92 Å². The number of hydrogen-bond donors (Lipinski definition) is 1. The van der Waals surface area contributed by atoms with Crippen LogP contribution in [0.25, 0.3) is 6.08 Å². The lowest BCUT2D eigenvalue weighted by molar-refractivity contribution is -0.143. The van der Waals surface area contributed by atoms with Gasteiger partial charge in [-0.2, -0.15) is 5.10 Å². The maximum absolute atomic E-state index is 11.8. The van der Waals surface area contributed by atoms with Gasteiger partial charge in [-0.3, -0.25) is 10.1 Å². The molecule has 8 nitrogen and oxygen atoms in total. The number of carbonyl (C=O) groups excluding carboxylic acids is 3. The van der Waals surface area contributed by atoms with E-state index in [1.807, 2.05) is 5.32 Å². The number of imide groups is 1. The highest BCUT2D eigenvalue weighted by Gasteiger charge is 2.15. The molecular weight excluding hydrogens is 457 g/mol. The number of esters is 1. The van der Waals surface area contributed by atoms with E-state index < -0.39 is 24.6 Å². The monoisotopic (exact) mass is 473 g/mol. The van der Waals surface area contributed by atoms with E-state index in [1.54, 1.807) is 32.0 Å². The van der Waals surface area contributed by atoms with Crippen LogP contribution in [-0.2, 0) is 25.6 Å². The minimum atomic E-state index is -0.914. The highest BCUT2D eigenvalue weighted by molar-refractivity contribution is 6.36. The zero-order chi connectivity index (χ0) is 22.3. The van der Waals surface area contributed by atoms with Crippen molar-refractivity contribution in [3.05, 3.63) is 56.3 Å². The molecule has 1 N–H and O–H groups in total. The van der Waals surface area contributed by atoms with Crippen molar-refractivity contribution in [3.8, 4) is 0 Å². The Bertz CT molecular complexity index is 968.